The topological polar surface area (TPSA) is 118 Å². The fourth-order valence-corrected chi connectivity index (χ4v) is 1.48. The van der Waals surface area contributed by atoms with E-state index in [0.717, 1.165) is 6.42 Å². The number of ether oxygens (including phenoxy) is 2. The van der Waals surface area contributed by atoms with Crippen LogP contribution in [0.25, 0.3) is 0 Å². The van der Waals surface area contributed by atoms with Gasteiger partial charge in [-0.15, -0.1) is 0 Å². The van der Waals surface area contributed by atoms with Crippen LogP contribution in [-0.4, -0.2) is 25.2 Å². The number of esters is 2. The largest absolute Gasteiger partial charge is 0.462 e. The molecule has 0 amide bonds. The molecule has 0 aliphatic rings. The Morgan fingerprint density at radius 2 is 1.81 bits per heavy atom. The highest BCUT2D eigenvalue weighted by Gasteiger charge is 2.16. The average Bonchev–Trinajstić information content (AvgIpc) is 2.76. The van der Waals surface area contributed by atoms with Gasteiger partial charge in [-0.2, -0.15) is 0 Å². The van der Waals surface area contributed by atoms with Crippen molar-refractivity contribution in [2.45, 2.75) is 26.2 Å². The van der Waals surface area contributed by atoms with Gasteiger partial charge >= 0.3 is 11.9 Å². The highest BCUT2D eigenvalue weighted by atomic mass is 16.5. The van der Waals surface area contributed by atoms with Crippen LogP contribution in [-0.2, 0) is 14.3 Å². The van der Waals surface area contributed by atoms with Gasteiger partial charge < -0.3 is 25.4 Å². The van der Waals surface area contributed by atoms with Crippen molar-refractivity contribution in [1.82, 2.24) is 0 Å². The number of furan rings is 1. The van der Waals surface area contributed by atoms with Crippen LogP contribution in [0.2, 0.25) is 0 Å². The lowest BCUT2D eigenvalue weighted by atomic mass is 10.2. The van der Waals surface area contributed by atoms with Crippen LogP contribution in [0.15, 0.2) is 22.6 Å². The van der Waals surface area contributed by atoms with Crippen LogP contribution in [0.5, 0.6) is 0 Å². The molecule has 0 aromatic carbocycles. The maximum absolute atomic E-state index is 11.6. The molecule has 0 atom stereocenters. The number of nitrogen functional groups attached to an aromatic ring is 2. The summed E-state index contributed by atoms with van der Waals surface area (Å²) in [6, 6.07) is 1.35. The second kappa shape index (κ2) is 7.98. The van der Waals surface area contributed by atoms with Gasteiger partial charge in [0.1, 0.15) is 0 Å². The molecule has 1 aromatic heterocycles. The Labute approximate surface area is 122 Å². The van der Waals surface area contributed by atoms with E-state index in [-0.39, 0.29) is 23.9 Å². The molecule has 0 saturated heterocycles. The van der Waals surface area contributed by atoms with E-state index in [1.165, 1.54) is 6.07 Å². The van der Waals surface area contributed by atoms with E-state index in [0.29, 0.717) is 25.0 Å². The zero-order valence-electron chi connectivity index (χ0n) is 12.0. The van der Waals surface area contributed by atoms with Crippen molar-refractivity contribution in [3.8, 4) is 0 Å². The summed E-state index contributed by atoms with van der Waals surface area (Å²) in [5.41, 5.74) is 11.4. The van der Waals surface area contributed by atoms with Crippen molar-refractivity contribution in [2.24, 2.45) is 0 Å². The lowest BCUT2D eigenvalue weighted by Crippen LogP contribution is -2.08. The monoisotopic (exact) mass is 296 g/mol. The Balaban J connectivity index is 2.12. The predicted molar refractivity (Wildman–Crippen MR) is 77.4 cm³/mol. The number of unbranched alkanes of at least 4 members (excludes halogenated alkanes) is 2. The van der Waals surface area contributed by atoms with Crippen molar-refractivity contribution in [2.75, 3.05) is 24.7 Å². The maximum Gasteiger partial charge on any atom is 0.376 e. The Kier molecular flexibility index (Phi) is 6.32. The molecule has 0 radical (unpaired) electrons. The Bertz CT molecular complexity index is 521. The van der Waals surface area contributed by atoms with Crippen molar-refractivity contribution in [1.29, 1.82) is 0 Å². The smallest absolute Gasteiger partial charge is 0.376 e. The number of anilines is 2. The summed E-state index contributed by atoms with van der Waals surface area (Å²) in [7, 11) is 0. The summed E-state index contributed by atoms with van der Waals surface area (Å²) in [5, 5.41) is 0. The number of hydrogen-bond acceptors (Lipinski definition) is 7. The molecule has 0 saturated carbocycles. The van der Waals surface area contributed by atoms with Crippen molar-refractivity contribution in [3.05, 3.63) is 24.0 Å². The first-order valence-corrected chi connectivity index (χ1v) is 6.56. The van der Waals surface area contributed by atoms with Gasteiger partial charge in [-0.05, 0) is 26.2 Å². The van der Waals surface area contributed by atoms with Gasteiger partial charge in [0.15, 0.2) is 5.88 Å². The van der Waals surface area contributed by atoms with Crippen molar-refractivity contribution in [3.63, 3.8) is 0 Å². The summed E-state index contributed by atoms with van der Waals surface area (Å²) in [5.74, 6) is -1.05. The molecule has 0 unspecified atom stereocenters. The van der Waals surface area contributed by atoms with E-state index in [1.807, 2.05) is 0 Å². The molecule has 1 aromatic rings. The minimum atomic E-state index is -0.641. The maximum atomic E-state index is 11.6. The average molecular weight is 296 g/mol. The van der Waals surface area contributed by atoms with Crippen molar-refractivity contribution >= 4 is 23.5 Å². The summed E-state index contributed by atoms with van der Waals surface area (Å²) in [6.07, 6.45) is 2.09. The molecule has 1 heterocycles. The van der Waals surface area contributed by atoms with Gasteiger partial charge in [-0.3, -0.25) is 0 Å². The van der Waals surface area contributed by atoms with E-state index in [1.54, 1.807) is 6.92 Å². The summed E-state index contributed by atoms with van der Waals surface area (Å²) < 4.78 is 14.9. The summed E-state index contributed by atoms with van der Waals surface area (Å²) in [4.78, 5) is 22.7. The normalized spacial score (nSPS) is 10.1. The number of carbonyl (C=O) groups is 2. The van der Waals surface area contributed by atoms with Crippen LogP contribution in [0.3, 0.4) is 0 Å². The van der Waals surface area contributed by atoms with Gasteiger partial charge in [0.05, 0.1) is 18.9 Å². The van der Waals surface area contributed by atoms with Crippen LogP contribution >= 0.6 is 0 Å². The molecule has 0 spiro atoms. The highest BCUT2D eigenvalue weighted by Crippen LogP contribution is 2.20. The zero-order chi connectivity index (χ0) is 15.8. The van der Waals surface area contributed by atoms with Crippen molar-refractivity contribution < 1.29 is 23.5 Å². The van der Waals surface area contributed by atoms with Gasteiger partial charge in [-0.25, -0.2) is 9.59 Å². The van der Waals surface area contributed by atoms with Gasteiger partial charge in [-0.1, -0.05) is 6.58 Å². The third-order valence-electron chi connectivity index (χ3n) is 2.57. The number of rotatable bonds is 8. The first-order chi connectivity index (χ1) is 9.91. The molecule has 116 valence electrons. The Morgan fingerprint density at radius 3 is 2.33 bits per heavy atom. The number of nitrogens with two attached hydrogens (primary N) is 2. The van der Waals surface area contributed by atoms with Gasteiger partial charge in [0.25, 0.3) is 0 Å². The van der Waals surface area contributed by atoms with Crippen LogP contribution in [0, 0.1) is 0 Å². The number of hydrogen-bond donors (Lipinski definition) is 2. The van der Waals surface area contributed by atoms with E-state index in [2.05, 4.69) is 6.58 Å². The Hall–Kier alpha value is -2.44. The van der Waals surface area contributed by atoms with E-state index < -0.39 is 11.9 Å². The minimum absolute atomic E-state index is 0.0683. The molecular weight excluding hydrogens is 276 g/mol. The summed E-state index contributed by atoms with van der Waals surface area (Å²) >= 11 is 0. The quantitative estimate of drug-likeness (QED) is 0.427. The third-order valence-corrected chi connectivity index (χ3v) is 2.57. The lowest BCUT2D eigenvalue weighted by molar-refractivity contribution is -0.139. The summed E-state index contributed by atoms with van der Waals surface area (Å²) in [6.45, 7) is 5.62. The Morgan fingerprint density at radius 1 is 1.19 bits per heavy atom. The van der Waals surface area contributed by atoms with Gasteiger partial charge in [0, 0.05) is 11.6 Å². The lowest BCUT2D eigenvalue weighted by Gasteiger charge is -2.05. The third kappa shape index (κ3) is 5.60. The molecule has 0 fully saturated rings. The van der Waals surface area contributed by atoms with Crippen LogP contribution in [0.1, 0.15) is 36.7 Å². The number of carbonyl (C=O) groups excluding carboxylic acids is 2. The fraction of sp³-hybridized carbons (Fsp3) is 0.429. The second-order valence-electron chi connectivity index (χ2n) is 4.55. The predicted octanol–water partition coefficient (Wildman–Crippen LogP) is 1.89. The molecular formula is C14H20N2O5. The van der Waals surface area contributed by atoms with E-state index >= 15 is 0 Å². The van der Waals surface area contributed by atoms with Gasteiger partial charge in [0.2, 0.25) is 5.76 Å². The molecule has 21 heavy (non-hydrogen) atoms. The molecule has 7 heteroatoms. The highest BCUT2D eigenvalue weighted by molar-refractivity contribution is 5.92. The first kappa shape index (κ1) is 16.6. The van der Waals surface area contributed by atoms with Crippen LogP contribution in [0.4, 0.5) is 11.6 Å². The molecule has 0 aliphatic carbocycles. The molecule has 0 bridgehead atoms. The molecule has 4 N–H and O–H groups in total. The standard InChI is InChI=1S/C14H20N2O5/c1-9(2)13(17)19-6-4-3-5-7-20-14(18)12-10(15)8-11(16)21-12/h8H,1,3-7,15-16H2,2H3. The first-order valence-electron chi connectivity index (χ1n) is 6.56. The molecule has 7 nitrogen and oxygen atoms in total. The SMILES string of the molecule is C=C(C)C(=O)OCCCCCOC(=O)c1oc(N)cc1N. The second-order valence-corrected chi connectivity index (χ2v) is 4.55. The molecule has 1 rings (SSSR count). The minimum Gasteiger partial charge on any atom is -0.462 e. The van der Waals surface area contributed by atoms with E-state index in [9.17, 15) is 9.59 Å². The van der Waals surface area contributed by atoms with Crippen LogP contribution < -0.4 is 11.5 Å². The fourth-order valence-electron chi connectivity index (χ4n) is 1.48. The van der Waals surface area contributed by atoms with E-state index in [4.69, 9.17) is 25.4 Å². The molecule has 0 aliphatic heterocycles. The zero-order valence-corrected chi connectivity index (χ0v) is 12.0.